The summed E-state index contributed by atoms with van der Waals surface area (Å²) in [5, 5.41) is 5.04. The molecule has 0 bridgehead atoms. The van der Waals surface area contributed by atoms with Gasteiger partial charge in [-0.15, -0.1) is 0 Å². The number of pyridine rings is 1. The molecule has 6 aromatic carbocycles. The van der Waals surface area contributed by atoms with Crippen molar-refractivity contribution in [3.05, 3.63) is 158 Å². The van der Waals surface area contributed by atoms with E-state index in [1.807, 2.05) is 30.5 Å². The van der Waals surface area contributed by atoms with Crippen LogP contribution in [0.4, 0.5) is 17.2 Å². The molecule has 0 fully saturated rings. The van der Waals surface area contributed by atoms with Crippen molar-refractivity contribution in [2.45, 2.75) is 0 Å². The third-order valence-electron chi connectivity index (χ3n) is 7.30. The standard InChI is InChI=1S/C37H26N2/c1-3-13-27(14-4-1)36-31-17-7-9-19-33(31)37(34-20-10-8-18-32(34)36)28-22-24-30(25-23-28)39(29-15-5-2-6-16-29)35-21-11-12-26-38-35/h1-26H. The highest BCUT2D eigenvalue weighted by molar-refractivity contribution is 6.21. The molecule has 0 saturated heterocycles. The topological polar surface area (TPSA) is 16.1 Å². The summed E-state index contributed by atoms with van der Waals surface area (Å²) in [6, 6.07) is 53.6. The predicted molar refractivity (Wildman–Crippen MR) is 165 cm³/mol. The predicted octanol–water partition coefficient (Wildman–Crippen LogP) is 10.2. The van der Waals surface area contributed by atoms with Gasteiger partial charge in [0.2, 0.25) is 0 Å². The first-order chi connectivity index (χ1) is 19.4. The lowest BCUT2D eigenvalue weighted by Crippen LogP contribution is -2.11. The van der Waals surface area contributed by atoms with Crippen molar-refractivity contribution >= 4 is 38.7 Å². The maximum absolute atomic E-state index is 4.66. The fourth-order valence-corrected chi connectivity index (χ4v) is 5.61. The lowest BCUT2D eigenvalue weighted by Gasteiger charge is -2.24. The van der Waals surface area contributed by atoms with Crippen LogP contribution in [-0.4, -0.2) is 4.98 Å². The Labute approximate surface area is 228 Å². The molecule has 0 unspecified atom stereocenters. The van der Waals surface area contributed by atoms with E-state index in [0.29, 0.717) is 0 Å². The van der Waals surface area contributed by atoms with Crippen LogP contribution in [0.3, 0.4) is 0 Å². The molecule has 1 aromatic heterocycles. The third-order valence-corrected chi connectivity index (χ3v) is 7.30. The van der Waals surface area contributed by atoms with Gasteiger partial charge in [-0.05, 0) is 80.2 Å². The van der Waals surface area contributed by atoms with Crippen LogP contribution in [0, 0.1) is 0 Å². The summed E-state index contributed by atoms with van der Waals surface area (Å²) in [5.41, 5.74) is 7.12. The number of benzene rings is 6. The Morgan fingerprint density at radius 3 is 1.31 bits per heavy atom. The fraction of sp³-hybridized carbons (Fsp3) is 0. The molecule has 0 saturated carbocycles. The highest BCUT2D eigenvalue weighted by atomic mass is 15.2. The van der Waals surface area contributed by atoms with Gasteiger partial charge in [-0.25, -0.2) is 4.98 Å². The van der Waals surface area contributed by atoms with E-state index in [-0.39, 0.29) is 0 Å². The maximum Gasteiger partial charge on any atom is 0.137 e. The highest BCUT2D eigenvalue weighted by Gasteiger charge is 2.17. The van der Waals surface area contributed by atoms with Crippen LogP contribution in [0.2, 0.25) is 0 Å². The average Bonchev–Trinajstić information content (AvgIpc) is 3.02. The molecule has 0 N–H and O–H groups in total. The van der Waals surface area contributed by atoms with Crippen molar-refractivity contribution < 1.29 is 0 Å². The zero-order valence-corrected chi connectivity index (χ0v) is 21.4. The van der Waals surface area contributed by atoms with Crippen LogP contribution < -0.4 is 4.90 Å². The second kappa shape index (κ2) is 9.92. The van der Waals surface area contributed by atoms with Crippen LogP contribution >= 0.6 is 0 Å². The molecule has 1 heterocycles. The van der Waals surface area contributed by atoms with Crippen molar-refractivity contribution in [1.29, 1.82) is 0 Å². The molecule has 0 radical (unpaired) electrons. The molecular formula is C37H26N2. The van der Waals surface area contributed by atoms with E-state index in [2.05, 4.69) is 137 Å². The lowest BCUT2D eigenvalue weighted by atomic mass is 9.86. The zero-order chi connectivity index (χ0) is 26.0. The molecule has 39 heavy (non-hydrogen) atoms. The van der Waals surface area contributed by atoms with Gasteiger partial charge >= 0.3 is 0 Å². The summed E-state index contributed by atoms with van der Waals surface area (Å²) < 4.78 is 0. The smallest absolute Gasteiger partial charge is 0.137 e. The summed E-state index contributed by atoms with van der Waals surface area (Å²) in [6.07, 6.45) is 1.84. The zero-order valence-electron chi connectivity index (χ0n) is 21.4. The van der Waals surface area contributed by atoms with Gasteiger partial charge in [0.05, 0.1) is 0 Å². The number of fused-ring (bicyclic) bond motifs is 2. The van der Waals surface area contributed by atoms with E-state index in [1.54, 1.807) is 0 Å². The molecule has 2 nitrogen and oxygen atoms in total. The van der Waals surface area contributed by atoms with E-state index in [9.17, 15) is 0 Å². The van der Waals surface area contributed by atoms with E-state index in [0.717, 1.165) is 17.2 Å². The Morgan fingerprint density at radius 2 is 0.795 bits per heavy atom. The second-order valence-electron chi connectivity index (χ2n) is 9.61. The summed E-state index contributed by atoms with van der Waals surface area (Å²) >= 11 is 0. The van der Waals surface area contributed by atoms with Gasteiger partial charge in [0.25, 0.3) is 0 Å². The Hall–Kier alpha value is -5.21. The van der Waals surface area contributed by atoms with Crippen molar-refractivity contribution in [1.82, 2.24) is 4.98 Å². The van der Waals surface area contributed by atoms with Crippen LogP contribution in [0.25, 0.3) is 43.8 Å². The molecule has 0 aliphatic rings. The molecule has 0 aliphatic heterocycles. The number of hydrogen-bond acceptors (Lipinski definition) is 2. The van der Waals surface area contributed by atoms with Crippen LogP contribution in [-0.2, 0) is 0 Å². The van der Waals surface area contributed by atoms with Gasteiger partial charge in [-0.1, -0.05) is 115 Å². The first kappa shape index (κ1) is 22.9. The molecule has 184 valence electrons. The van der Waals surface area contributed by atoms with Crippen LogP contribution in [0.15, 0.2) is 158 Å². The molecule has 0 aliphatic carbocycles. The third kappa shape index (κ3) is 4.13. The minimum Gasteiger partial charge on any atom is -0.295 e. The SMILES string of the molecule is c1ccc(-c2c3ccccc3c(-c3ccc(N(c4ccccc4)c4ccccn4)cc3)c3ccccc23)cc1. The minimum atomic E-state index is 0.888. The molecule has 0 atom stereocenters. The largest absolute Gasteiger partial charge is 0.295 e. The molecule has 7 aromatic rings. The van der Waals surface area contributed by atoms with Gasteiger partial charge in [0.1, 0.15) is 5.82 Å². The van der Waals surface area contributed by atoms with Crippen molar-refractivity contribution in [3.63, 3.8) is 0 Å². The van der Waals surface area contributed by atoms with Crippen molar-refractivity contribution in [2.75, 3.05) is 4.90 Å². The first-order valence-corrected chi connectivity index (χ1v) is 13.2. The average molecular weight is 499 g/mol. The first-order valence-electron chi connectivity index (χ1n) is 13.2. The number of para-hydroxylation sites is 1. The molecule has 2 heteroatoms. The van der Waals surface area contributed by atoms with Gasteiger partial charge in [0.15, 0.2) is 0 Å². The molecule has 0 amide bonds. The van der Waals surface area contributed by atoms with E-state index in [4.69, 9.17) is 0 Å². The number of rotatable bonds is 5. The summed E-state index contributed by atoms with van der Waals surface area (Å²) in [5.74, 6) is 0.888. The number of anilines is 3. The quantitative estimate of drug-likeness (QED) is 0.219. The number of nitrogens with zero attached hydrogens (tertiary/aromatic N) is 2. The Morgan fingerprint density at radius 1 is 0.359 bits per heavy atom. The van der Waals surface area contributed by atoms with Gasteiger partial charge in [-0.2, -0.15) is 0 Å². The monoisotopic (exact) mass is 498 g/mol. The van der Waals surface area contributed by atoms with Crippen LogP contribution in [0.5, 0.6) is 0 Å². The van der Waals surface area contributed by atoms with E-state index < -0.39 is 0 Å². The minimum absolute atomic E-state index is 0.888. The van der Waals surface area contributed by atoms with Gasteiger partial charge < -0.3 is 0 Å². The number of aromatic nitrogens is 1. The number of hydrogen-bond donors (Lipinski definition) is 0. The summed E-state index contributed by atoms with van der Waals surface area (Å²) in [6.45, 7) is 0. The Kier molecular flexibility index (Phi) is 5.84. The van der Waals surface area contributed by atoms with E-state index in [1.165, 1.54) is 43.8 Å². The van der Waals surface area contributed by atoms with Gasteiger partial charge in [0, 0.05) is 17.6 Å². The highest BCUT2D eigenvalue weighted by Crippen LogP contribution is 2.44. The maximum atomic E-state index is 4.66. The molecule has 0 spiro atoms. The Bertz CT molecular complexity index is 1780. The van der Waals surface area contributed by atoms with Crippen molar-refractivity contribution in [3.8, 4) is 22.3 Å². The lowest BCUT2D eigenvalue weighted by molar-refractivity contribution is 1.18. The van der Waals surface area contributed by atoms with Gasteiger partial charge in [-0.3, -0.25) is 4.90 Å². The molecule has 7 rings (SSSR count). The fourth-order valence-electron chi connectivity index (χ4n) is 5.61. The summed E-state index contributed by atoms with van der Waals surface area (Å²) in [7, 11) is 0. The summed E-state index contributed by atoms with van der Waals surface area (Å²) in [4.78, 5) is 6.85. The molecular weight excluding hydrogens is 472 g/mol. The van der Waals surface area contributed by atoms with Crippen LogP contribution in [0.1, 0.15) is 0 Å². The Balaban J connectivity index is 1.43. The van der Waals surface area contributed by atoms with Crippen molar-refractivity contribution in [2.24, 2.45) is 0 Å². The van der Waals surface area contributed by atoms with E-state index >= 15 is 0 Å². The second-order valence-corrected chi connectivity index (χ2v) is 9.61. The normalized spacial score (nSPS) is 11.1.